The molecule has 0 bridgehead atoms. The van der Waals surface area contributed by atoms with Gasteiger partial charge in [-0.2, -0.15) is 0 Å². The summed E-state index contributed by atoms with van der Waals surface area (Å²) in [4.78, 5) is 150. The molecule has 24 nitrogen and oxygen atoms in total. The number of halogens is 2. The minimum absolute atomic E-state index is 0.0123. The first-order valence-electron chi connectivity index (χ1n) is 32.3. The lowest BCUT2D eigenvalue weighted by molar-refractivity contribution is -0.145. The van der Waals surface area contributed by atoms with Gasteiger partial charge >= 0.3 is 6.09 Å². The standard InChI is InChI=1S/C66H98F2N10O14S/c1-12-41(6)59(49(90-10)32-54(82)77-31-17-20-48(77)60(91-11)42(7)61(85)70-29-26-45-46(67)18-16-19-47(45)68)75(8)56(84)36-72-63(87)58(40(4)5)76(9)65(89)92-37-43-22-24-44(25-23-43)73-53(81)35-71-62(86)57(39(2)3)74-52(80)21-14-13-15-30-78-55(83)33-50(64(78)88)93-38-66(27-28-66)34-51(69)79/h16,18-19,22-25,39-42,48-50,57-60H,12-15,17,20-21,26-38H2,1-11H3,(H2,69,79)(H,70,85)(H,71,86)(H,72,87)(H,73,81)(H,74,80)/t41-,42+,48-,49+,50?,57?,58?,59?,60+/m0/s1. The Labute approximate surface area is 549 Å². The highest BCUT2D eigenvalue weighted by Crippen LogP contribution is 2.52. The molecule has 0 aromatic heterocycles. The summed E-state index contributed by atoms with van der Waals surface area (Å²) in [5.74, 6) is -6.45. The molecule has 27 heteroatoms. The lowest BCUT2D eigenvalue weighted by atomic mass is 9.90. The van der Waals surface area contributed by atoms with Gasteiger partial charge in [0.2, 0.25) is 59.1 Å². The number of thioether (sulfide) groups is 1. The van der Waals surface area contributed by atoms with Crippen LogP contribution in [0.25, 0.3) is 0 Å². The van der Waals surface area contributed by atoms with Gasteiger partial charge in [-0.15, -0.1) is 11.8 Å². The minimum Gasteiger partial charge on any atom is -0.445 e. The zero-order valence-electron chi connectivity index (χ0n) is 55.8. The number of hydrogen-bond acceptors (Lipinski definition) is 15. The van der Waals surface area contributed by atoms with Gasteiger partial charge in [-0.3, -0.25) is 57.7 Å². The van der Waals surface area contributed by atoms with Crippen LogP contribution in [-0.4, -0.2) is 193 Å². The van der Waals surface area contributed by atoms with Gasteiger partial charge in [-0.25, -0.2) is 13.6 Å². The van der Waals surface area contributed by atoms with Crippen LogP contribution in [-0.2, 0) is 75.2 Å². The quantitative estimate of drug-likeness (QED) is 0.0371. The topological polar surface area (TPSA) is 315 Å². The van der Waals surface area contributed by atoms with E-state index in [0.717, 1.165) is 29.9 Å². The normalized spacial score (nSPS) is 18.2. The summed E-state index contributed by atoms with van der Waals surface area (Å²) >= 11 is 1.41. The number of likely N-dealkylation sites (tertiary alicyclic amines) is 2. The smallest absolute Gasteiger partial charge is 0.410 e. The highest BCUT2D eigenvalue weighted by molar-refractivity contribution is 8.00. The Morgan fingerprint density at radius 2 is 1.47 bits per heavy atom. The van der Waals surface area contributed by atoms with Crippen molar-refractivity contribution in [2.24, 2.45) is 34.8 Å². The molecule has 93 heavy (non-hydrogen) atoms. The summed E-state index contributed by atoms with van der Waals surface area (Å²) in [6.07, 6.45) is 3.16. The molecule has 11 amide bonds. The molecule has 0 spiro atoms. The third-order valence-electron chi connectivity index (χ3n) is 17.9. The zero-order valence-corrected chi connectivity index (χ0v) is 56.6. The summed E-state index contributed by atoms with van der Waals surface area (Å²) in [5.41, 5.74) is 6.03. The number of carbonyl (C=O) groups is 11. The fourth-order valence-corrected chi connectivity index (χ4v) is 13.6. The first kappa shape index (κ1) is 76.5. The molecule has 3 fully saturated rings. The SMILES string of the molecule is CC[C@H](C)C([C@@H](CC(=O)N1CCC[C@H]1[C@H](OC)[C@@H](C)C(=O)NCCc1c(F)cccc1F)OC)N(C)C(=O)CNC(=O)C(C(C)C)N(C)C(=O)OCc1ccc(NC(=O)CNC(=O)C(NC(=O)CCCCCN2C(=O)CC(SCC3(CC(N)=O)CC3)C2=O)C(C)C)cc1. The molecule has 7 N–H and O–H groups in total. The summed E-state index contributed by atoms with van der Waals surface area (Å²) < 4.78 is 45.8. The third kappa shape index (κ3) is 22.2. The second-order valence-corrected chi connectivity index (χ2v) is 26.7. The number of nitrogens with one attached hydrogen (secondary N) is 5. The molecular weight excluding hydrogens is 1230 g/mol. The highest BCUT2D eigenvalue weighted by atomic mass is 32.2. The first-order valence-corrected chi connectivity index (χ1v) is 33.3. The Morgan fingerprint density at radius 3 is 2.08 bits per heavy atom. The van der Waals surface area contributed by atoms with Gasteiger partial charge in [0.15, 0.2) is 0 Å². The molecule has 1 aliphatic carbocycles. The van der Waals surface area contributed by atoms with E-state index in [1.807, 2.05) is 13.8 Å². The number of amides is 11. The van der Waals surface area contributed by atoms with Crippen LogP contribution < -0.4 is 32.3 Å². The van der Waals surface area contributed by atoms with Gasteiger partial charge in [-0.1, -0.05) is 79.5 Å². The third-order valence-corrected chi connectivity index (χ3v) is 19.5. The van der Waals surface area contributed by atoms with E-state index in [-0.39, 0.29) is 104 Å². The molecule has 2 aromatic rings. The van der Waals surface area contributed by atoms with Gasteiger partial charge in [0, 0.05) is 84.2 Å². The van der Waals surface area contributed by atoms with Crippen molar-refractivity contribution in [2.75, 3.05) is 72.1 Å². The zero-order chi connectivity index (χ0) is 68.9. The molecule has 4 unspecified atom stereocenters. The van der Waals surface area contributed by atoms with Crippen molar-refractivity contribution in [3.63, 3.8) is 0 Å². The molecule has 3 aliphatic rings. The fourth-order valence-electron chi connectivity index (χ4n) is 12.1. The number of primary amides is 1. The Hall–Kier alpha value is -7.26. The van der Waals surface area contributed by atoms with E-state index < -0.39 is 114 Å². The average molecular weight is 1330 g/mol. The van der Waals surface area contributed by atoms with Crippen molar-refractivity contribution in [1.82, 2.24) is 40.9 Å². The molecule has 5 rings (SSSR count). The van der Waals surface area contributed by atoms with Crippen molar-refractivity contribution in [1.29, 1.82) is 0 Å². The van der Waals surface area contributed by atoms with E-state index >= 15 is 0 Å². The lowest BCUT2D eigenvalue weighted by Gasteiger charge is -2.39. The molecule has 0 radical (unpaired) electrons. The van der Waals surface area contributed by atoms with Gasteiger partial charge < -0.3 is 56.3 Å². The molecule has 516 valence electrons. The van der Waals surface area contributed by atoms with Crippen molar-refractivity contribution >= 4 is 82.6 Å². The van der Waals surface area contributed by atoms with Gasteiger partial charge in [-0.05, 0) is 97.9 Å². The number of likely N-dealkylation sites (N-methyl/N-ethyl adjacent to an activating group) is 2. The van der Waals surface area contributed by atoms with Crippen LogP contribution in [0.1, 0.15) is 137 Å². The van der Waals surface area contributed by atoms with Crippen LogP contribution in [0.15, 0.2) is 42.5 Å². The van der Waals surface area contributed by atoms with E-state index in [0.29, 0.717) is 62.1 Å². The maximum Gasteiger partial charge on any atom is 0.410 e. The number of anilines is 1. The second kappa shape index (κ2) is 36.4. The Balaban J connectivity index is 1.03. The monoisotopic (exact) mass is 1320 g/mol. The van der Waals surface area contributed by atoms with Gasteiger partial charge in [0.05, 0.1) is 55.0 Å². The molecule has 1 saturated carbocycles. The van der Waals surface area contributed by atoms with Crippen LogP contribution in [0, 0.1) is 40.7 Å². The van der Waals surface area contributed by atoms with Crippen LogP contribution in [0.4, 0.5) is 19.3 Å². The molecule has 2 aromatic carbocycles. The fraction of sp³-hybridized carbons (Fsp3) is 0.652. The molecule has 9 atom stereocenters. The van der Waals surface area contributed by atoms with Crippen LogP contribution in [0.5, 0.6) is 0 Å². The molecule has 2 aliphatic heterocycles. The second-order valence-electron chi connectivity index (χ2n) is 25.6. The van der Waals surface area contributed by atoms with E-state index in [4.69, 9.17) is 19.9 Å². The number of ether oxygens (including phenoxy) is 3. The summed E-state index contributed by atoms with van der Waals surface area (Å²) in [6, 6.07) is 6.92. The van der Waals surface area contributed by atoms with Crippen molar-refractivity contribution in [3.05, 3.63) is 65.2 Å². The van der Waals surface area contributed by atoms with Crippen molar-refractivity contribution in [2.45, 2.75) is 180 Å². The predicted octanol–water partition coefficient (Wildman–Crippen LogP) is 5.23. The number of benzene rings is 2. The summed E-state index contributed by atoms with van der Waals surface area (Å²) in [6.45, 7) is 12.2. The van der Waals surface area contributed by atoms with E-state index in [2.05, 4.69) is 26.6 Å². The number of hydrogen-bond donors (Lipinski definition) is 6. The molecule has 2 heterocycles. The number of nitrogens with zero attached hydrogens (tertiary/aromatic N) is 4. The van der Waals surface area contributed by atoms with Crippen molar-refractivity contribution < 1.29 is 75.7 Å². The van der Waals surface area contributed by atoms with Crippen LogP contribution in [0.2, 0.25) is 0 Å². The predicted molar refractivity (Wildman–Crippen MR) is 345 cm³/mol. The number of methoxy groups -OCH3 is 2. The Kier molecular flexibility index (Phi) is 29.9. The number of rotatable bonds is 38. The van der Waals surface area contributed by atoms with Crippen molar-refractivity contribution in [3.8, 4) is 0 Å². The maximum absolute atomic E-state index is 14.2. The van der Waals surface area contributed by atoms with Crippen LogP contribution >= 0.6 is 11.8 Å². The van der Waals surface area contributed by atoms with E-state index in [1.165, 1.54) is 48.9 Å². The Morgan fingerprint density at radius 1 is 0.806 bits per heavy atom. The maximum atomic E-state index is 14.2. The summed E-state index contributed by atoms with van der Waals surface area (Å²) in [5, 5.41) is 13.0. The van der Waals surface area contributed by atoms with E-state index in [1.54, 1.807) is 70.8 Å². The van der Waals surface area contributed by atoms with Gasteiger partial charge in [0.25, 0.3) is 0 Å². The summed E-state index contributed by atoms with van der Waals surface area (Å²) in [7, 11) is 5.92. The average Bonchev–Trinajstić information content (AvgIpc) is 1.97. The largest absolute Gasteiger partial charge is 0.445 e. The van der Waals surface area contributed by atoms with E-state index in [9.17, 15) is 61.5 Å². The molecule has 2 saturated heterocycles. The van der Waals surface area contributed by atoms with Gasteiger partial charge in [0.1, 0.15) is 30.3 Å². The minimum atomic E-state index is -1.05. The number of carbonyl (C=O) groups excluding carboxylic acids is 11. The number of nitrogens with two attached hydrogens (primary N) is 1. The highest BCUT2D eigenvalue weighted by Gasteiger charge is 2.47. The van der Waals surface area contributed by atoms with Crippen LogP contribution in [0.3, 0.4) is 0 Å². The Bertz CT molecular complexity index is 2920. The first-order chi connectivity index (χ1) is 44.1. The number of imide groups is 1. The molecular formula is C66H98F2N10O14S. The lowest BCUT2D eigenvalue weighted by Crippen LogP contribution is -2.55. The number of unbranched alkanes of at least 4 members (excludes halogenated alkanes) is 2.